The molecule has 13 heavy (non-hydrogen) atoms. The van der Waals surface area contributed by atoms with E-state index in [0.717, 1.165) is 5.82 Å². The maximum absolute atomic E-state index is 9.91. The van der Waals surface area contributed by atoms with E-state index in [9.17, 15) is 4.79 Å². The average molecular weight is 175 g/mol. The van der Waals surface area contributed by atoms with Crippen LogP contribution in [-0.4, -0.2) is 16.0 Å². The van der Waals surface area contributed by atoms with Crippen LogP contribution in [0.15, 0.2) is 17.4 Å². The molecule has 0 aromatic carbocycles. The molecule has 0 atom stereocenters. The maximum atomic E-state index is 9.91. The molecule has 1 aliphatic rings. The molecule has 4 heteroatoms. The second kappa shape index (κ2) is 3.46. The van der Waals surface area contributed by atoms with E-state index < -0.39 is 0 Å². The number of hydrogen-bond acceptors (Lipinski definition) is 4. The van der Waals surface area contributed by atoms with Gasteiger partial charge in [0.25, 0.3) is 0 Å². The van der Waals surface area contributed by atoms with Crippen molar-refractivity contribution >= 4 is 11.8 Å². The first-order chi connectivity index (χ1) is 6.40. The van der Waals surface area contributed by atoms with Crippen molar-refractivity contribution in [2.24, 2.45) is 4.99 Å². The highest BCUT2D eigenvalue weighted by Gasteiger charge is 2.21. The van der Waals surface area contributed by atoms with Crippen LogP contribution in [0.4, 0.5) is 5.69 Å². The molecule has 1 aromatic rings. The van der Waals surface area contributed by atoms with E-state index in [1.807, 2.05) is 0 Å². The van der Waals surface area contributed by atoms with Gasteiger partial charge in [-0.1, -0.05) is 6.42 Å². The lowest BCUT2D eigenvalue weighted by Crippen LogP contribution is -2.11. The Labute approximate surface area is 75.7 Å². The second-order valence-corrected chi connectivity index (χ2v) is 3.13. The van der Waals surface area contributed by atoms with Crippen molar-refractivity contribution in [3.63, 3.8) is 0 Å². The van der Waals surface area contributed by atoms with Gasteiger partial charge in [-0.2, -0.15) is 4.99 Å². The fraction of sp³-hybridized carbons (Fsp3) is 0.444. The van der Waals surface area contributed by atoms with Gasteiger partial charge in [-0.15, -0.1) is 0 Å². The van der Waals surface area contributed by atoms with Crippen LogP contribution in [0.5, 0.6) is 0 Å². The van der Waals surface area contributed by atoms with Crippen molar-refractivity contribution in [2.75, 3.05) is 0 Å². The summed E-state index contributed by atoms with van der Waals surface area (Å²) in [6, 6.07) is 0. The molecule has 0 bridgehead atoms. The van der Waals surface area contributed by atoms with E-state index in [0.29, 0.717) is 11.6 Å². The summed E-state index contributed by atoms with van der Waals surface area (Å²) >= 11 is 0. The Morgan fingerprint density at radius 1 is 1.38 bits per heavy atom. The molecule has 1 saturated carbocycles. The van der Waals surface area contributed by atoms with Gasteiger partial charge in [-0.25, -0.2) is 14.8 Å². The zero-order valence-corrected chi connectivity index (χ0v) is 7.10. The standard InChI is InChI=1S/C9H9N3O/c13-6-12-8-4-10-9(11-5-8)7-2-1-3-7/h4-5,7H,1-3H2. The molecule has 1 aromatic heterocycles. The molecular formula is C9H9N3O. The number of aliphatic imine (C=N–C) groups is 1. The predicted molar refractivity (Wildman–Crippen MR) is 46.4 cm³/mol. The minimum atomic E-state index is 0.470. The Kier molecular flexibility index (Phi) is 2.15. The molecule has 66 valence electrons. The van der Waals surface area contributed by atoms with Gasteiger partial charge in [0.15, 0.2) is 0 Å². The Morgan fingerprint density at radius 3 is 2.54 bits per heavy atom. The van der Waals surface area contributed by atoms with Crippen LogP contribution in [0.1, 0.15) is 31.0 Å². The molecule has 4 nitrogen and oxygen atoms in total. The van der Waals surface area contributed by atoms with Gasteiger partial charge in [0.05, 0.1) is 12.4 Å². The van der Waals surface area contributed by atoms with Crippen LogP contribution >= 0.6 is 0 Å². The molecule has 0 amide bonds. The number of isocyanates is 1. The Balaban J connectivity index is 2.17. The molecule has 1 aliphatic carbocycles. The van der Waals surface area contributed by atoms with E-state index >= 15 is 0 Å². The summed E-state index contributed by atoms with van der Waals surface area (Å²) in [5, 5.41) is 0. The predicted octanol–water partition coefficient (Wildman–Crippen LogP) is 1.71. The van der Waals surface area contributed by atoms with E-state index in [-0.39, 0.29) is 0 Å². The summed E-state index contributed by atoms with van der Waals surface area (Å²) in [7, 11) is 0. The Hall–Kier alpha value is -1.54. The lowest BCUT2D eigenvalue weighted by molar-refractivity contribution is 0.401. The van der Waals surface area contributed by atoms with E-state index in [1.54, 1.807) is 12.4 Å². The summed E-state index contributed by atoms with van der Waals surface area (Å²) in [4.78, 5) is 21.6. The smallest absolute Gasteiger partial charge is 0.239 e. The van der Waals surface area contributed by atoms with Gasteiger partial charge in [-0.05, 0) is 12.8 Å². The molecular weight excluding hydrogens is 166 g/mol. The van der Waals surface area contributed by atoms with Crippen molar-refractivity contribution in [1.82, 2.24) is 9.97 Å². The minimum Gasteiger partial charge on any atom is -0.239 e. The van der Waals surface area contributed by atoms with Crippen molar-refractivity contribution in [2.45, 2.75) is 25.2 Å². The first-order valence-electron chi connectivity index (χ1n) is 4.30. The zero-order chi connectivity index (χ0) is 9.10. The van der Waals surface area contributed by atoms with Gasteiger partial charge in [-0.3, -0.25) is 0 Å². The van der Waals surface area contributed by atoms with Crippen LogP contribution in [0.2, 0.25) is 0 Å². The topological polar surface area (TPSA) is 55.2 Å². The molecule has 2 rings (SSSR count). The van der Waals surface area contributed by atoms with Gasteiger partial charge in [0.1, 0.15) is 11.5 Å². The van der Waals surface area contributed by atoms with Gasteiger partial charge in [0, 0.05) is 5.92 Å². The zero-order valence-electron chi connectivity index (χ0n) is 7.10. The molecule has 1 fully saturated rings. The molecule has 1 heterocycles. The summed E-state index contributed by atoms with van der Waals surface area (Å²) in [6.07, 6.45) is 8.20. The average Bonchev–Trinajstić information content (AvgIpc) is 2.06. The molecule has 0 saturated heterocycles. The highest BCUT2D eigenvalue weighted by molar-refractivity contribution is 5.45. The molecule has 0 N–H and O–H groups in total. The van der Waals surface area contributed by atoms with Crippen molar-refractivity contribution in [1.29, 1.82) is 0 Å². The fourth-order valence-corrected chi connectivity index (χ4v) is 1.32. The van der Waals surface area contributed by atoms with Crippen LogP contribution < -0.4 is 0 Å². The lowest BCUT2D eigenvalue weighted by atomic mass is 9.85. The molecule has 0 unspecified atom stereocenters. The van der Waals surface area contributed by atoms with Gasteiger partial charge < -0.3 is 0 Å². The third kappa shape index (κ3) is 1.63. The van der Waals surface area contributed by atoms with Gasteiger partial charge in [0.2, 0.25) is 6.08 Å². The third-order valence-electron chi connectivity index (χ3n) is 2.30. The summed E-state index contributed by atoms with van der Waals surface area (Å²) in [5.74, 6) is 1.39. The SMILES string of the molecule is O=C=Nc1cnc(C2CCC2)nc1. The Bertz CT molecular complexity index is 336. The second-order valence-electron chi connectivity index (χ2n) is 3.13. The monoisotopic (exact) mass is 175 g/mol. The number of hydrogen-bond donors (Lipinski definition) is 0. The summed E-state index contributed by atoms with van der Waals surface area (Å²) in [5.41, 5.74) is 0.470. The van der Waals surface area contributed by atoms with Crippen molar-refractivity contribution in [3.05, 3.63) is 18.2 Å². The van der Waals surface area contributed by atoms with Crippen molar-refractivity contribution in [3.8, 4) is 0 Å². The largest absolute Gasteiger partial charge is 0.240 e. The van der Waals surface area contributed by atoms with Gasteiger partial charge >= 0.3 is 0 Å². The first kappa shape index (κ1) is 8.08. The first-order valence-corrected chi connectivity index (χ1v) is 4.30. The minimum absolute atomic E-state index is 0.470. The number of carbonyl (C=O) groups excluding carboxylic acids is 1. The van der Waals surface area contributed by atoms with Crippen LogP contribution in [0.25, 0.3) is 0 Å². The highest BCUT2D eigenvalue weighted by atomic mass is 16.1. The third-order valence-corrected chi connectivity index (χ3v) is 2.30. The fourth-order valence-electron chi connectivity index (χ4n) is 1.32. The Morgan fingerprint density at radius 2 is 2.08 bits per heavy atom. The van der Waals surface area contributed by atoms with E-state index in [4.69, 9.17) is 0 Å². The molecule has 0 radical (unpaired) electrons. The normalized spacial score (nSPS) is 16.0. The summed E-state index contributed by atoms with van der Waals surface area (Å²) < 4.78 is 0. The quantitative estimate of drug-likeness (QED) is 0.508. The number of aromatic nitrogens is 2. The van der Waals surface area contributed by atoms with Crippen LogP contribution in [0.3, 0.4) is 0 Å². The number of nitrogens with zero attached hydrogens (tertiary/aromatic N) is 3. The van der Waals surface area contributed by atoms with Crippen LogP contribution in [0, 0.1) is 0 Å². The highest BCUT2D eigenvalue weighted by Crippen LogP contribution is 2.34. The van der Waals surface area contributed by atoms with Crippen molar-refractivity contribution < 1.29 is 4.79 Å². The van der Waals surface area contributed by atoms with E-state index in [2.05, 4.69) is 15.0 Å². The van der Waals surface area contributed by atoms with E-state index in [1.165, 1.54) is 25.3 Å². The maximum Gasteiger partial charge on any atom is 0.240 e. The lowest BCUT2D eigenvalue weighted by Gasteiger charge is -2.23. The van der Waals surface area contributed by atoms with Crippen LogP contribution in [-0.2, 0) is 4.79 Å². The molecule has 0 aliphatic heterocycles. The molecule has 0 spiro atoms. The summed E-state index contributed by atoms with van der Waals surface area (Å²) in [6.45, 7) is 0. The number of rotatable bonds is 2.